The van der Waals surface area contributed by atoms with Gasteiger partial charge in [0.2, 0.25) is 0 Å². The zero-order valence-corrected chi connectivity index (χ0v) is 15.3. The molecule has 0 N–H and O–H groups in total. The molecule has 0 spiro atoms. The van der Waals surface area contributed by atoms with Crippen molar-refractivity contribution in [2.75, 3.05) is 11.9 Å². The first-order valence-electron chi connectivity index (χ1n) is 7.08. The van der Waals surface area contributed by atoms with Crippen LogP contribution < -0.4 is 4.90 Å². The van der Waals surface area contributed by atoms with Gasteiger partial charge in [-0.1, -0.05) is 0 Å². The van der Waals surface area contributed by atoms with Gasteiger partial charge in [-0.15, -0.1) is 11.3 Å². The van der Waals surface area contributed by atoms with Crippen molar-refractivity contribution in [2.24, 2.45) is 0 Å². The molecule has 120 valence electrons. The van der Waals surface area contributed by atoms with Gasteiger partial charge in [-0.05, 0) is 52.0 Å². The Bertz CT molecular complexity index is 741. The minimum Gasteiger partial charge on any atom is -0.368 e. The summed E-state index contributed by atoms with van der Waals surface area (Å²) in [6.07, 6.45) is 1.62. The van der Waals surface area contributed by atoms with E-state index in [1.807, 2.05) is 13.1 Å². The van der Waals surface area contributed by atoms with Crippen LogP contribution in [0.25, 0.3) is 0 Å². The molecule has 2 aromatic rings. The molecule has 2 aromatic heterocycles. The summed E-state index contributed by atoms with van der Waals surface area (Å²) < 4.78 is 23.9. The molecule has 22 heavy (non-hydrogen) atoms. The summed E-state index contributed by atoms with van der Waals surface area (Å²) in [6, 6.07) is 7.62. The second kappa shape index (κ2) is 6.01. The SMILES string of the molecule is Cc1ccc(CN(C)c2ccc(S(=O)(=O)C(C)(C)C)nc2)s1. The summed E-state index contributed by atoms with van der Waals surface area (Å²) in [7, 11) is -1.43. The molecule has 0 fully saturated rings. The molecule has 0 bridgehead atoms. The Kier molecular flexibility index (Phi) is 4.63. The highest BCUT2D eigenvalue weighted by molar-refractivity contribution is 7.92. The third kappa shape index (κ3) is 3.50. The van der Waals surface area contributed by atoms with Crippen molar-refractivity contribution in [3.8, 4) is 0 Å². The fraction of sp³-hybridized carbons (Fsp3) is 0.438. The van der Waals surface area contributed by atoms with Crippen molar-refractivity contribution < 1.29 is 8.42 Å². The lowest BCUT2D eigenvalue weighted by atomic mass is 10.3. The number of thiophene rings is 1. The largest absolute Gasteiger partial charge is 0.368 e. The molecule has 2 rings (SSSR count). The average molecular weight is 338 g/mol. The maximum Gasteiger partial charge on any atom is 0.200 e. The minimum atomic E-state index is -3.40. The smallest absolute Gasteiger partial charge is 0.200 e. The lowest BCUT2D eigenvalue weighted by molar-refractivity contribution is 0.556. The highest BCUT2D eigenvalue weighted by Gasteiger charge is 2.31. The third-order valence-electron chi connectivity index (χ3n) is 3.43. The van der Waals surface area contributed by atoms with Crippen LogP contribution in [0.15, 0.2) is 35.5 Å². The molecule has 0 aliphatic rings. The summed E-state index contributed by atoms with van der Waals surface area (Å²) in [6.45, 7) is 7.92. The molecule has 0 unspecified atom stereocenters. The molecule has 2 heterocycles. The number of aromatic nitrogens is 1. The zero-order chi connectivity index (χ0) is 16.5. The fourth-order valence-electron chi connectivity index (χ4n) is 1.97. The average Bonchev–Trinajstić information content (AvgIpc) is 2.83. The van der Waals surface area contributed by atoms with Gasteiger partial charge in [0.25, 0.3) is 0 Å². The number of anilines is 1. The number of pyridine rings is 1. The van der Waals surface area contributed by atoms with Gasteiger partial charge < -0.3 is 4.90 Å². The molecule has 0 radical (unpaired) electrons. The quantitative estimate of drug-likeness (QED) is 0.853. The van der Waals surface area contributed by atoms with E-state index in [1.54, 1.807) is 44.4 Å². The number of aryl methyl sites for hydroxylation is 1. The number of sulfone groups is 1. The van der Waals surface area contributed by atoms with E-state index in [2.05, 4.69) is 28.9 Å². The first-order valence-corrected chi connectivity index (χ1v) is 9.38. The van der Waals surface area contributed by atoms with Crippen molar-refractivity contribution >= 4 is 26.9 Å². The zero-order valence-electron chi connectivity index (χ0n) is 13.6. The highest BCUT2D eigenvalue weighted by atomic mass is 32.2. The van der Waals surface area contributed by atoms with E-state index in [-0.39, 0.29) is 5.03 Å². The lowest BCUT2D eigenvalue weighted by Gasteiger charge is -2.20. The van der Waals surface area contributed by atoms with Gasteiger partial charge in [0.05, 0.1) is 23.2 Å². The van der Waals surface area contributed by atoms with Crippen LogP contribution in [0.5, 0.6) is 0 Å². The van der Waals surface area contributed by atoms with E-state index < -0.39 is 14.6 Å². The maximum absolute atomic E-state index is 12.4. The van der Waals surface area contributed by atoms with Gasteiger partial charge in [0.1, 0.15) is 0 Å². The summed E-state index contributed by atoms with van der Waals surface area (Å²) in [4.78, 5) is 8.77. The van der Waals surface area contributed by atoms with Gasteiger partial charge in [-0.3, -0.25) is 0 Å². The molecule has 6 heteroatoms. The summed E-state index contributed by atoms with van der Waals surface area (Å²) >= 11 is 1.76. The molecule has 0 saturated heterocycles. The Morgan fingerprint density at radius 2 is 1.86 bits per heavy atom. The van der Waals surface area contributed by atoms with E-state index in [1.165, 1.54) is 9.75 Å². The Hall–Kier alpha value is -1.40. The standard InChI is InChI=1S/C16H22N2O2S2/c1-12-6-8-14(21-12)11-18(5)13-7-9-15(17-10-13)22(19,20)16(2,3)4/h6-10H,11H2,1-5H3. The third-order valence-corrected chi connectivity index (χ3v) is 6.82. The van der Waals surface area contributed by atoms with E-state index in [0.29, 0.717) is 0 Å². The van der Waals surface area contributed by atoms with Crippen LogP contribution in [0, 0.1) is 6.92 Å². The lowest BCUT2D eigenvalue weighted by Crippen LogP contribution is -2.28. The van der Waals surface area contributed by atoms with Crippen LogP contribution in [0.1, 0.15) is 30.5 Å². The molecular weight excluding hydrogens is 316 g/mol. The van der Waals surface area contributed by atoms with E-state index in [9.17, 15) is 8.42 Å². The van der Waals surface area contributed by atoms with Gasteiger partial charge in [0.15, 0.2) is 14.9 Å². The first kappa shape index (κ1) is 17.0. The maximum atomic E-state index is 12.4. The van der Waals surface area contributed by atoms with Crippen LogP contribution in [0.3, 0.4) is 0 Å². The Balaban J connectivity index is 2.18. The molecule has 0 amide bonds. The first-order chi connectivity index (χ1) is 10.1. The monoisotopic (exact) mass is 338 g/mol. The molecular formula is C16H22N2O2S2. The van der Waals surface area contributed by atoms with E-state index in [0.717, 1.165) is 12.2 Å². The molecule has 0 aliphatic carbocycles. The Morgan fingerprint density at radius 3 is 2.32 bits per heavy atom. The normalized spacial score (nSPS) is 12.4. The molecule has 4 nitrogen and oxygen atoms in total. The van der Waals surface area contributed by atoms with E-state index >= 15 is 0 Å². The summed E-state index contributed by atoms with van der Waals surface area (Å²) in [5.74, 6) is 0. The van der Waals surface area contributed by atoms with Crippen molar-refractivity contribution in [3.63, 3.8) is 0 Å². The van der Waals surface area contributed by atoms with Crippen LogP contribution in [0.2, 0.25) is 0 Å². The predicted molar refractivity (Wildman–Crippen MR) is 92.3 cm³/mol. The molecule has 0 atom stereocenters. The highest BCUT2D eigenvalue weighted by Crippen LogP contribution is 2.25. The Morgan fingerprint density at radius 1 is 1.18 bits per heavy atom. The predicted octanol–water partition coefficient (Wildman–Crippen LogP) is 3.66. The fourth-order valence-corrected chi connectivity index (χ4v) is 3.98. The molecule has 0 saturated carbocycles. The van der Waals surface area contributed by atoms with Gasteiger partial charge >= 0.3 is 0 Å². The number of hydrogen-bond donors (Lipinski definition) is 0. The molecule has 0 aromatic carbocycles. The summed E-state index contributed by atoms with van der Waals surface area (Å²) in [5.41, 5.74) is 0.902. The topological polar surface area (TPSA) is 50.3 Å². The minimum absolute atomic E-state index is 0.129. The Labute approximate surface area is 136 Å². The van der Waals surface area contributed by atoms with Crippen molar-refractivity contribution in [1.82, 2.24) is 4.98 Å². The summed E-state index contributed by atoms with van der Waals surface area (Å²) in [5, 5.41) is 0.129. The van der Waals surface area contributed by atoms with Crippen molar-refractivity contribution in [2.45, 2.75) is 44.0 Å². The van der Waals surface area contributed by atoms with Crippen LogP contribution in [-0.2, 0) is 16.4 Å². The van der Waals surface area contributed by atoms with Gasteiger partial charge in [-0.25, -0.2) is 13.4 Å². The van der Waals surface area contributed by atoms with Crippen LogP contribution in [-0.4, -0.2) is 25.2 Å². The molecule has 0 aliphatic heterocycles. The number of nitrogens with zero attached hydrogens (tertiary/aromatic N) is 2. The van der Waals surface area contributed by atoms with Crippen LogP contribution >= 0.6 is 11.3 Å². The number of rotatable bonds is 4. The van der Waals surface area contributed by atoms with Gasteiger partial charge in [0, 0.05) is 16.8 Å². The van der Waals surface area contributed by atoms with Crippen molar-refractivity contribution in [1.29, 1.82) is 0 Å². The second-order valence-electron chi connectivity index (χ2n) is 6.34. The van der Waals surface area contributed by atoms with Gasteiger partial charge in [-0.2, -0.15) is 0 Å². The number of hydrogen-bond acceptors (Lipinski definition) is 5. The van der Waals surface area contributed by atoms with E-state index in [4.69, 9.17) is 0 Å². The van der Waals surface area contributed by atoms with Crippen molar-refractivity contribution in [3.05, 3.63) is 40.2 Å². The second-order valence-corrected chi connectivity index (χ2v) is 10.4. The van der Waals surface area contributed by atoms with Crippen LogP contribution in [0.4, 0.5) is 5.69 Å².